The minimum Gasteiger partial charge on any atom is -0.0691 e. The Labute approximate surface area is 68.1 Å². The molecule has 1 aliphatic rings. The Hall–Kier alpha value is 0.217. The van der Waals surface area contributed by atoms with Crippen molar-refractivity contribution >= 4 is 8.07 Å². The first-order valence-corrected chi connectivity index (χ1v) is 5.95. The Balaban J connectivity index is 3.19. The Morgan fingerprint density at radius 3 is 2.89 bits per heavy atom. The molecule has 1 fully saturated rings. The summed E-state index contributed by atoms with van der Waals surface area (Å²) < 4.78 is 45.6. The average molecular weight is 148 g/mol. The normalized spacial score (nSPS) is 45.7. The van der Waals surface area contributed by atoms with Gasteiger partial charge in [-0.2, -0.15) is 0 Å². The van der Waals surface area contributed by atoms with Crippen LogP contribution < -0.4 is 0 Å². The van der Waals surface area contributed by atoms with Crippen LogP contribution in [0, 0.1) is 0 Å². The molecule has 0 radical (unpaired) electrons. The van der Waals surface area contributed by atoms with Gasteiger partial charge < -0.3 is 0 Å². The standard InChI is InChI=1S/C8H18Si/c1-4-8-6-5-7-9(8,2)3/h8H,4-7H2,1-3H3/i2D3,3D3. The minimum absolute atomic E-state index is 0.0579. The quantitative estimate of drug-likeness (QED) is 0.501. The fourth-order valence-corrected chi connectivity index (χ4v) is 4.19. The molecule has 0 saturated carbocycles. The molecular weight excluding hydrogens is 124 g/mol. The Morgan fingerprint density at radius 2 is 2.44 bits per heavy atom. The van der Waals surface area contributed by atoms with Crippen LogP contribution in [0.2, 0.25) is 24.5 Å². The lowest BCUT2D eigenvalue weighted by Gasteiger charge is -2.22. The second-order valence-electron chi connectivity index (χ2n) is 2.97. The molecule has 54 valence electrons. The monoisotopic (exact) mass is 148 g/mol. The predicted molar refractivity (Wildman–Crippen MR) is 45.6 cm³/mol. The van der Waals surface area contributed by atoms with Gasteiger partial charge in [-0.05, 0) is 5.54 Å². The van der Waals surface area contributed by atoms with Crippen molar-refractivity contribution in [1.82, 2.24) is 0 Å². The molecule has 1 aliphatic heterocycles. The molecule has 0 aromatic carbocycles. The van der Waals surface area contributed by atoms with Gasteiger partial charge in [0.15, 0.2) is 0 Å². The van der Waals surface area contributed by atoms with Crippen molar-refractivity contribution in [3.8, 4) is 0 Å². The van der Waals surface area contributed by atoms with Gasteiger partial charge in [0, 0.05) is 8.22 Å². The second-order valence-corrected chi connectivity index (χ2v) is 6.23. The summed E-state index contributed by atoms with van der Waals surface area (Å²) in [5.41, 5.74) is -0.0579. The molecule has 1 heterocycles. The summed E-state index contributed by atoms with van der Waals surface area (Å²) in [6.07, 6.45) is 2.27. The summed E-state index contributed by atoms with van der Waals surface area (Å²) in [6, 6.07) is 0.443. The van der Waals surface area contributed by atoms with Crippen LogP contribution >= 0.6 is 0 Å². The first kappa shape index (κ1) is 2.69. The SMILES string of the molecule is [2H]C([2H])([2H])[Si]1(C([2H])([2H])[2H])CCCC1CC. The van der Waals surface area contributed by atoms with Crippen molar-refractivity contribution in [3.05, 3.63) is 0 Å². The van der Waals surface area contributed by atoms with Crippen LogP contribution in [0.5, 0.6) is 0 Å². The highest BCUT2D eigenvalue weighted by Gasteiger charge is 2.34. The van der Waals surface area contributed by atoms with Crippen LogP contribution in [0.4, 0.5) is 0 Å². The molecule has 1 unspecified atom stereocenters. The van der Waals surface area contributed by atoms with Crippen molar-refractivity contribution in [2.24, 2.45) is 0 Å². The van der Waals surface area contributed by atoms with Gasteiger partial charge in [0.25, 0.3) is 0 Å². The maximum Gasteiger partial charge on any atom is 0.0504 e. The molecule has 0 aliphatic carbocycles. The number of rotatable bonds is 1. The topological polar surface area (TPSA) is 0 Å². The van der Waals surface area contributed by atoms with Gasteiger partial charge in [-0.3, -0.25) is 0 Å². The van der Waals surface area contributed by atoms with Crippen LogP contribution in [0.1, 0.15) is 34.4 Å². The fraction of sp³-hybridized carbons (Fsp3) is 1.00. The highest BCUT2D eigenvalue weighted by molar-refractivity contribution is 6.79. The van der Waals surface area contributed by atoms with E-state index in [1.54, 1.807) is 0 Å². The van der Waals surface area contributed by atoms with Gasteiger partial charge in [-0.1, -0.05) is 45.2 Å². The van der Waals surface area contributed by atoms with Gasteiger partial charge in [0.1, 0.15) is 0 Å². The highest BCUT2D eigenvalue weighted by atomic mass is 28.3. The molecule has 1 atom stereocenters. The molecular formula is C8H18Si. The van der Waals surface area contributed by atoms with E-state index >= 15 is 0 Å². The molecule has 1 rings (SSSR count). The lowest BCUT2D eigenvalue weighted by molar-refractivity contribution is 0.733. The van der Waals surface area contributed by atoms with E-state index in [9.17, 15) is 0 Å². The van der Waals surface area contributed by atoms with E-state index in [-0.39, 0.29) is 5.54 Å². The molecule has 0 N–H and O–H groups in total. The molecule has 0 spiro atoms. The molecule has 1 heteroatoms. The van der Waals surface area contributed by atoms with Crippen molar-refractivity contribution in [2.75, 3.05) is 0 Å². The molecule has 0 aromatic heterocycles. The van der Waals surface area contributed by atoms with Crippen molar-refractivity contribution in [1.29, 1.82) is 0 Å². The average Bonchev–Trinajstić information content (AvgIpc) is 2.44. The van der Waals surface area contributed by atoms with Crippen LogP contribution in [0.3, 0.4) is 0 Å². The summed E-state index contributed by atoms with van der Waals surface area (Å²) in [5.74, 6) is 0. The molecule has 0 amide bonds. The molecule has 0 aromatic rings. The summed E-state index contributed by atoms with van der Waals surface area (Å²) in [6.45, 7) is -2.57. The summed E-state index contributed by atoms with van der Waals surface area (Å²) in [7, 11) is -3.16. The van der Waals surface area contributed by atoms with E-state index in [1.807, 2.05) is 6.92 Å². The Kier molecular flexibility index (Phi) is 0.732. The van der Waals surface area contributed by atoms with Crippen LogP contribution in [-0.4, -0.2) is 8.07 Å². The number of hydrogen-bond acceptors (Lipinski definition) is 0. The van der Waals surface area contributed by atoms with Crippen LogP contribution in [0.15, 0.2) is 0 Å². The zero-order valence-electron chi connectivity index (χ0n) is 11.9. The third kappa shape index (κ3) is 1.37. The van der Waals surface area contributed by atoms with E-state index < -0.39 is 21.0 Å². The lowest BCUT2D eigenvalue weighted by atomic mass is 10.2. The predicted octanol–water partition coefficient (Wildman–Crippen LogP) is 3.27. The molecule has 1 saturated heterocycles. The van der Waals surface area contributed by atoms with E-state index in [0.29, 0.717) is 12.5 Å². The second kappa shape index (κ2) is 2.45. The van der Waals surface area contributed by atoms with Gasteiger partial charge in [0.2, 0.25) is 0 Å². The Morgan fingerprint density at radius 1 is 1.67 bits per heavy atom. The Bertz CT molecular complexity index is 216. The van der Waals surface area contributed by atoms with Gasteiger partial charge >= 0.3 is 0 Å². The van der Waals surface area contributed by atoms with E-state index in [4.69, 9.17) is 8.22 Å². The summed E-state index contributed by atoms with van der Waals surface area (Å²) in [4.78, 5) is 0. The first-order valence-electron chi connectivity index (χ1n) is 6.67. The van der Waals surface area contributed by atoms with Crippen LogP contribution in [0.25, 0.3) is 0 Å². The fourth-order valence-electron chi connectivity index (χ4n) is 1.63. The largest absolute Gasteiger partial charge is 0.0691 e. The minimum atomic E-state index is -3.16. The maximum absolute atomic E-state index is 7.60. The molecule has 0 nitrogen and oxygen atoms in total. The van der Waals surface area contributed by atoms with Crippen molar-refractivity contribution in [2.45, 2.75) is 50.7 Å². The van der Waals surface area contributed by atoms with Gasteiger partial charge in [-0.15, -0.1) is 0 Å². The zero-order chi connectivity index (χ0) is 11.9. The van der Waals surface area contributed by atoms with E-state index in [1.165, 1.54) is 0 Å². The van der Waals surface area contributed by atoms with Gasteiger partial charge in [-0.25, -0.2) is 0 Å². The van der Waals surface area contributed by atoms with Crippen molar-refractivity contribution < 1.29 is 8.22 Å². The summed E-state index contributed by atoms with van der Waals surface area (Å²) in [5, 5.41) is 0. The smallest absolute Gasteiger partial charge is 0.0504 e. The lowest BCUT2D eigenvalue weighted by Crippen LogP contribution is -2.25. The maximum atomic E-state index is 7.60. The molecule has 9 heavy (non-hydrogen) atoms. The van der Waals surface area contributed by atoms with Crippen LogP contribution in [-0.2, 0) is 0 Å². The third-order valence-corrected chi connectivity index (χ3v) is 5.55. The van der Waals surface area contributed by atoms with E-state index in [0.717, 1.165) is 12.8 Å². The first-order chi connectivity index (χ1) is 6.67. The number of hydrogen-bond donors (Lipinski definition) is 0. The van der Waals surface area contributed by atoms with Gasteiger partial charge in [0.05, 0.1) is 8.07 Å². The summed E-state index contributed by atoms with van der Waals surface area (Å²) >= 11 is 0. The van der Waals surface area contributed by atoms with Crippen molar-refractivity contribution in [3.63, 3.8) is 0 Å². The molecule has 0 bridgehead atoms. The van der Waals surface area contributed by atoms with E-state index in [2.05, 4.69) is 0 Å². The third-order valence-electron chi connectivity index (χ3n) is 2.31. The zero-order valence-corrected chi connectivity index (χ0v) is 6.91. The highest BCUT2D eigenvalue weighted by Crippen LogP contribution is 2.41.